The molecule has 0 fully saturated rings. The van der Waals surface area contributed by atoms with Crippen LogP contribution in [0.2, 0.25) is 15.1 Å². The van der Waals surface area contributed by atoms with Gasteiger partial charge < -0.3 is 15.4 Å². The Balaban J connectivity index is 1.93. The molecule has 0 aliphatic heterocycles. The van der Waals surface area contributed by atoms with Crippen LogP contribution in [0, 0.1) is 0 Å². The van der Waals surface area contributed by atoms with Crippen molar-refractivity contribution < 1.29 is 14.3 Å². The second kappa shape index (κ2) is 8.24. The smallest absolute Gasteiger partial charge is 0.253 e. The maximum atomic E-state index is 12.0. The minimum Gasteiger partial charge on any atom is -0.495 e. The SMILES string of the molecule is COc1ccc(NC(=O)CNC(=O)c2ccc(Cl)cc2Cl)cc1Cl. The topological polar surface area (TPSA) is 67.4 Å². The summed E-state index contributed by atoms with van der Waals surface area (Å²) < 4.78 is 5.03. The molecule has 0 spiro atoms. The second-order valence-corrected chi connectivity index (χ2v) is 5.96. The van der Waals surface area contributed by atoms with Gasteiger partial charge in [-0.1, -0.05) is 34.8 Å². The first kappa shape index (κ1) is 18.4. The molecule has 2 aromatic carbocycles. The molecule has 0 saturated carbocycles. The van der Waals surface area contributed by atoms with Gasteiger partial charge >= 0.3 is 0 Å². The van der Waals surface area contributed by atoms with Crippen molar-refractivity contribution in [3.63, 3.8) is 0 Å². The summed E-state index contributed by atoms with van der Waals surface area (Å²) >= 11 is 17.7. The van der Waals surface area contributed by atoms with E-state index in [0.29, 0.717) is 21.5 Å². The first-order valence-corrected chi connectivity index (χ1v) is 7.90. The van der Waals surface area contributed by atoms with Crippen molar-refractivity contribution in [1.82, 2.24) is 5.32 Å². The Morgan fingerprint density at radius 1 is 1.04 bits per heavy atom. The van der Waals surface area contributed by atoms with Crippen molar-refractivity contribution in [2.45, 2.75) is 0 Å². The van der Waals surface area contributed by atoms with Gasteiger partial charge in [0.2, 0.25) is 5.91 Å². The zero-order valence-electron chi connectivity index (χ0n) is 12.5. The zero-order valence-corrected chi connectivity index (χ0v) is 14.8. The van der Waals surface area contributed by atoms with Crippen LogP contribution in [0.5, 0.6) is 5.75 Å². The summed E-state index contributed by atoms with van der Waals surface area (Å²) in [6.07, 6.45) is 0. The molecule has 2 rings (SSSR count). The average Bonchev–Trinajstić information content (AvgIpc) is 2.53. The molecule has 2 N–H and O–H groups in total. The van der Waals surface area contributed by atoms with E-state index in [1.165, 1.54) is 19.2 Å². The molecule has 0 saturated heterocycles. The lowest BCUT2D eigenvalue weighted by molar-refractivity contribution is -0.115. The first-order valence-electron chi connectivity index (χ1n) is 6.77. The first-order chi connectivity index (χ1) is 11.4. The zero-order chi connectivity index (χ0) is 17.7. The fraction of sp³-hybridized carbons (Fsp3) is 0.125. The van der Waals surface area contributed by atoms with Gasteiger partial charge in [0.05, 0.1) is 29.3 Å². The summed E-state index contributed by atoms with van der Waals surface area (Å²) in [5.74, 6) is -0.380. The number of rotatable bonds is 5. The van der Waals surface area contributed by atoms with E-state index >= 15 is 0 Å². The van der Waals surface area contributed by atoms with Crippen LogP contribution in [0.15, 0.2) is 36.4 Å². The number of nitrogens with one attached hydrogen (secondary N) is 2. The van der Waals surface area contributed by atoms with Gasteiger partial charge in [-0.05, 0) is 36.4 Å². The van der Waals surface area contributed by atoms with Crippen LogP contribution in [-0.2, 0) is 4.79 Å². The molecule has 2 aromatic rings. The highest BCUT2D eigenvalue weighted by Crippen LogP contribution is 2.27. The monoisotopic (exact) mass is 386 g/mol. The molecule has 5 nitrogen and oxygen atoms in total. The number of anilines is 1. The Morgan fingerprint density at radius 2 is 1.79 bits per heavy atom. The van der Waals surface area contributed by atoms with Crippen LogP contribution in [0.3, 0.4) is 0 Å². The third-order valence-electron chi connectivity index (χ3n) is 3.02. The Labute approximate surface area is 153 Å². The lowest BCUT2D eigenvalue weighted by Crippen LogP contribution is -2.33. The van der Waals surface area contributed by atoms with Gasteiger partial charge in [0.15, 0.2) is 0 Å². The maximum Gasteiger partial charge on any atom is 0.253 e. The van der Waals surface area contributed by atoms with Crippen LogP contribution in [0.1, 0.15) is 10.4 Å². The van der Waals surface area contributed by atoms with Crippen LogP contribution in [0.4, 0.5) is 5.69 Å². The van der Waals surface area contributed by atoms with Crippen LogP contribution < -0.4 is 15.4 Å². The molecule has 0 heterocycles. The molecule has 0 atom stereocenters. The molecule has 2 amide bonds. The molecule has 0 aromatic heterocycles. The van der Waals surface area contributed by atoms with Crippen molar-refractivity contribution in [2.24, 2.45) is 0 Å². The number of hydrogen-bond acceptors (Lipinski definition) is 3. The van der Waals surface area contributed by atoms with Gasteiger partial charge in [-0.25, -0.2) is 0 Å². The number of carbonyl (C=O) groups excluding carboxylic acids is 2. The highest BCUT2D eigenvalue weighted by atomic mass is 35.5. The number of benzene rings is 2. The molecule has 8 heteroatoms. The normalized spacial score (nSPS) is 10.2. The Hall–Kier alpha value is -1.95. The molecule has 126 valence electrons. The summed E-state index contributed by atoms with van der Waals surface area (Å²) in [4.78, 5) is 23.9. The van der Waals surface area contributed by atoms with Gasteiger partial charge in [-0.2, -0.15) is 0 Å². The summed E-state index contributed by atoms with van der Waals surface area (Å²) in [5, 5.41) is 6.10. The van der Waals surface area contributed by atoms with E-state index in [9.17, 15) is 9.59 Å². The molecule has 0 aliphatic rings. The van der Waals surface area contributed by atoms with Crippen molar-refractivity contribution >= 4 is 52.3 Å². The third-order valence-corrected chi connectivity index (χ3v) is 3.86. The highest BCUT2D eigenvalue weighted by Gasteiger charge is 2.12. The van der Waals surface area contributed by atoms with Crippen molar-refractivity contribution in [1.29, 1.82) is 0 Å². The minimum atomic E-state index is -0.473. The molecular weight excluding hydrogens is 375 g/mol. The molecule has 0 unspecified atom stereocenters. The third kappa shape index (κ3) is 4.77. The molecular formula is C16H13Cl3N2O3. The van der Waals surface area contributed by atoms with E-state index < -0.39 is 11.8 Å². The predicted octanol–water partition coefficient (Wildman–Crippen LogP) is 4.02. The van der Waals surface area contributed by atoms with Crippen LogP contribution in [-0.4, -0.2) is 25.5 Å². The summed E-state index contributed by atoms with van der Waals surface area (Å²) in [6.45, 7) is -0.221. The maximum absolute atomic E-state index is 12.0. The Kier molecular flexibility index (Phi) is 6.31. The summed E-state index contributed by atoms with van der Waals surface area (Å²) in [7, 11) is 1.50. The van der Waals surface area contributed by atoms with Crippen LogP contribution in [0.25, 0.3) is 0 Å². The lowest BCUT2D eigenvalue weighted by atomic mass is 10.2. The van der Waals surface area contributed by atoms with Crippen LogP contribution >= 0.6 is 34.8 Å². The van der Waals surface area contributed by atoms with E-state index in [4.69, 9.17) is 39.5 Å². The largest absolute Gasteiger partial charge is 0.495 e. The minimum absolute atomic E-state index is 0.211. The van der Waals surface area contributed by atoms with Gasteiger partial charge in [-0.3, -0.25) is 9.59 Å². The number of ether oxygens (including phenoxy) is 1. The fourth-order valence-electron chi connectivity index (χ4n) is 1.88. The Bertz CT molecular complexity index is 781. The molecule has 0 bridgehead atoms. The van der Waals surface area contributed by atoms with Gasteiger partial charge in [0.25, 0.3) is 5.91 Å². The summed E-state index contributed by atoms with van der Waals surface area (Å²) in [6, 6.07) is 9.31. The van der Waals surface area contributed by atoms with E-state index in [-0.39, 0.29) is 17.1 Å². The fourth-order valence-corrected chi connectivity index (χ4v) is 2.63. The number of halogens is 3. The van der Waals surface area contributed by atoms with E-state index in [2.05, 4.69) is 10.6 Å². The standard InChI is InChI=1S/C16H13Cl3N2O3/c1-24-14-5-3-10(7-13(14)19)21-15(22)8-20-16(23)11-4-2-9(17)6-12(11)18/h2-7H,8H2,1H3,(H,20,23)(H,21,22). The number of hydrogen-bond donors (Lipinski definition) is 2. The lowest BCUT2D eigenvalue weighted by Gasteiger charge is -2.09. The number of carbonyl (C=O) groups is 2. The van der Waals surface area contributed by atoms with Crippen molar-refractivity contribution in [3.05, 3.63) is 57.0 Å². The van der Waals surface area contributed by atoms with Gasteiger partial charge in [0, 0.05) is 10.7 Å². The average molecular weight is 388 g/mol. The van der Waals surface area contributed by atoms with Gasteiger partial charge in [0.1, 0.15) is 5.75 Å². The van der Waals surface area contributed by atoms with Gasteiger partial charge in [-0.15, -0.1) is 0 Å². The van der Waals surface area contributed by atoms with E-state index in [1.54, 1.807) is 24.3 Å². The quantitative estimate of drug-likeness (QED) is 0.814. The van der Waals surface area contributed by atoms with E-state index in [1.807, 2.05) is 0 Å². The summed E-state index contributed by atoms with van der Waals surface area (Å²) in [5.41, 5.74) is 0.728. The second-order valence-electron chi connectivity index (χ2n) is 4.70. The molecule has 0 aliphatic carbocycles. The van der Waals surface area contributed by atoms with Crippen molar-refractivity contribution in [3.8, 4) is 5.75 Å². The highest BCUT2D eigenvalue weighted by molar-refractivity contribution is 6.36. The molecule has 0 radical (unpaired) electrons. The number of methoxy groups -OCH3 is 1. The predicted molar refractivity (Wildman–Crippen MR) is 95.4 cm³/mol. The molecule has 24 heavy (non-hydrogen) atoms. The number of amides is 2. The van der Waals surface area contributed by atoms with E-state index in [0.717, 1.165) is 0 Å². The Morgan fingerprint density at radius 3 is 2.42 bits per heavy atom. The van der Waals surface area contributed by atoms with Crippen molar-refractivity contribution in [2.75, 3.05) is 19.0 Å².